The lowest BCUT2D eigenvalue weighted by atomic mass is 10.0. The second-order valence-electron chi connectivity index (χ2n) is 6.05. The summed E-state index contributed by atoms with van der Waals surface area (Å²) in [5.41, 5.74) is 5.74. The first-order valence-corrected chi connectivity index (χ1v) is 8.88. The summed E-state index contributed by atoms with van der Waals surface area (Å²) in [7, 11) is 0. The molecule has 0 aromatic rings. The third-order valence-electron chi connectivity index (χ3n) is 3.91. The largest absolute Gasteiger partial charge is 0.395 e. The normalized spacial score (nSPS) is 15.9. The molecule has 0 rings (SSSR count). The second kappa shape index (κ2) is 16.0. The molecule has 0 heterocycles. The first-order valence-electron chi connectivity index (χ1n) is 9.70. The van der Waals surface area contributed by atoms with Gasteiger partial charge in [0, 0.05) is 0 Å². The molecule has 0 amide bonds. The lowest BCUT2D eigenvalue weighted by Gasteiger charge is -2.11. The van der Waals surface area contributed by atoms with Crippen molar-refractivity contribution < 1.29 is 10.2 Å². The maximum absolute atomic E-state index is 6.98. The van der Waals surface area contributed by atoms with Gasteiger partial charge in [-0.25, -0.2) is 0 Å². The SMILES string of the molecule is [3H]OC[C@@H](N)[C@H](C=CCCCCCCCCCCCCC)O[3H]. The zero-order valence-corrected chi connectivity index (χ0v) is 13.9. The molecule has 0 aliphatic heterocycles. The maximum atomic E-state index is 6.98. The van der Waals surface area contributed by atoms with Gasteiger partial charge in [0.25, 0.3) is 0 Å². The second-order valence-corrected chi connectivity index (χ2v) is 6.05. The quantitative estimate of drug-likeness (QED) is 0.282. The zero-order valence-electron chi connectivity index (χ0n) is 15.9. The Morgan fingerprint density at radius 1 is 0.952 bits per heavy atom. The van der Waals surface area contributed by atoms with Crippen LogP contribution in [0, 0.1) is 0 Å². The van der Waals surface area contributed by atoms with Gasteiger partial charge in [0.2, 0.25) is 2.86 Å². The molecule has 0 aliphatic rings. The number of aliphatic hydroxyl groups excluding tert-OH is 2. The Labute approximate surface area is 134 Å². The number of aliphatic hydroxyl groups is 2. The van der Waals surface area contributed by atoms with E-state index in [-0.39, 0.29) is 6.61 Å². The van der Waals surface area contributed by atoms with Crippen molar-refractivity contribution in [3.63, 3.8) is 0 Å². The highest BCUT2D eigenvalue weighted by Crippen LogP contribution is 2.12. The average molecular weight is 304 g/mol. The molecule has 126 valence electrons. The Hall–Kier alpha value is -0.380. The summed E-state index contributed by atoms with van der Waals surface area (Å²) < 4.78 is 13.6. The molecule has 0 aromatic carbocycles. The Bertz CT molecular complexity index is 265. The van der Waals surface area contributed by atoms with Crippen LogP contribution in [0.25, 0.3) is 0 Å². The van der Waals surface area contributed by atoms with E-state index in [1.807, 2.05) is 12.2 Å². The summed E-state index contributed by atoms with van der Waals surface area (Å²) in [6, 6.07) is -0.460. The van der Waals surface area contributed by atoms with Gasteiger partial charge in [0.15, 0.2) is 0 Å². The smallest absolute Gasteiger partial charge is 0.211 e. The van der Waals surface area contributed by atoms with E-state index in [2.05, 4.69) is 17.1 Å². The molecule has 0 saturated heterocycles. The fourth-order valence-corrected chi connectivity index (χ4v) is 2.39. The van der Waals surface area contributed by atoms with Gasteiger partial charge >= 0.3 is 0 Å². The molecule has 0 radical (unpaired) electrons. The monoisotopic (exact) mass is 303 g/mol. The van der Waals surface area contributed by atoms with Crippen molar-refractivity contribution in [1.29, 1.82) is 2.86 Å². The van der Waals surface area contributed by atoms with Crippen molar-refractivity contribution in [2.24, 2.45) is 5.73 Å². The summed E-state index contributed by atoms with van der Waals surface area (Å²) in [5, 5.41) is 8.78. The lowest BCUT2D eigenvalue weighted by molar-refractivity contribution is 0.144. The highest BCUT2D eigenvalue weighted by Gasteiger charge is 2.08. The summed E-state index contributed by atoms with van der Waals surface area (Å²) in [4.78, 5) is 0. The molecule has 0 fully saturated rings. The number of hydrogen-bond donors (Lipinski definition) is 3. The summed E-state index contributed by atoms with van der Waals surface area (Å²) in [6.45, 7) is 2.34. The third-order valence-corrected chi connectivity index (χ3v) is 3.91. The van der Waals surface area contributed by atoms with Gasteiger partial charge in [-0.1, -0.05) is 83.3 Å². The van der Waals surface area contributed by atoms with Crippen molar-refractivity contribution >= 4 is 0 Å². The van der Waals surface area contributed by atoms with Crippen molar-refractivity contribution in [3.05, 3.63) is 12.2 Å². The van der Waals surface area contributed by atoms with Crippen molar-refractivity contribution in [3.8, 4) is 0 Å². The van der Waals surface area contributed by atoms with E-state index in [1.165, 1.54) is 70.6 Å². The van der Waals surface area contributed by atoms with Crippen LogP contribution < -0.4 is 5.73 Å². The van der Waals surface area contributed by atoms with Crippen LogP contribution in [0.2, 0.25) is 0 Å². The fourth-order valence-electron chi connectivity index (χ4n) is 2.39. The topological polar surface area (TPSA) is 66.5 Å². The van der Waals surface area contributed by atoms with E-state index in [4.69, 9.17) is 8.60 Å². The highest BCUT2D eigenvalue weighted by molar-refractivity contribution is 4.93. The number of unbranched alkanes of at least 4 members (excludes halogenated alkanes) is 11. The van der Waals surface area contributed by atoms with Gasteiger partial charge in [-0.15, -0.1) is 0 Å². The molecule has 0 spiro atoms. The van der Waals surface area contributed by atoms with Gasteiger partial charge in [0.05, 0.1) is 18.8 Å². The number of allylic oxidation sites excluding steroid dienone is 1. The maximum Gasteiger partial charge on any atom is 0.211 e. The minimum absolute atomic E-state index is 0.0757. The third kappa shape index (κ3) is 14.3. The van der Waals surface area contributed by atoms with Crippen LogP contribution >= 0.6 is 0 Å². The molecule has 0 saturated carbocycles. The molecular weight excluding hydrogens is 262 g/mol. The standard InChI is InChI=1S/C18H37NO2/c1-2-3-4-5-6-7-8-9-10-11-12-13-14-15-18(21)17(19)16-20/h14-15,17-18,20-21H,2-13,16,19H2,1H3/t17-,18+/m1/s1/i20T,21T. The van der Waals surface area contributed by atoms with Gasteiger partial charge < -0.3 is 16.0 Å². The average Bonchev–Trinajstić information content (AvgIpc) is 2.55. The number of hydrogen-bond acceptors (Lipinski definition) is 3. The molecule has 3 heteroatoms. The molecule has 0 bridgehead atoms. The molecule has 0 unspecified atom stereocenters. The first kappa shape index (κ1) is 17.0. The Balaban J connectivity index is 3.39. The Morgan fingerprint density at radius 2 is 1.52 bits per heavy atom. The van der Waals surface area contributed by atoms with E-state index in [9.17, 15) is 0 Å². The highest BCUT2D eigenvalue weighted by atomic mass is 16.3. The van der Waals surface area contributed by atoms with Gasteiger partial charge in [-0.2, -0.15) is 0 Å². The van der Waals surface area contributed by atoms with E-state index in [0.717, 1.165) is 6.42 Å². The Morgan fingerprint density at radius 3 is 2.05 bits per heavy atom. The lowest BCUT2D eigenvalue weighted by Crippen LogP contribution is -2.36. The molecule has 0 aromatic heterocycles. The zero-order chi connectivity index (χ0) is 17.2. The van der Waals surface area contributed by atoms with Crippen LogP contribution in [0.3, 0.4) is 0 Å². The van der Waals surface area contributed by atoms with E-state index < -0.39 is 12.1 Å². The fraction of sp³-hybridized carbons (Fsp3) is 0.889. The summed E-state index contributed by atoms with van der Waals surface area (Å²) >= 11 is 0. The van der Waals surface area contributed by atoms with Gasteiger partial charge in [-0.3, -0.25) is 0 Å². The molecule has 21 heavy (non-hydrogen) atoms. The minimum Gasteiger partial charge on any atom is -0.395 e. The molecule has 2 atom stereocenters. The molecule has 4 N–H and O–H groups in total. The van der Waals surface area contributed by atoms with Gasteiger partial charge in [-0.05, 0) is 12.8 Å². The van der Waals surface area contributed by atoms with Crippen molar-refractivity contribution in [2.75, 3.05) is 6.61 Å². The molecule has 0 aliphatic carbocycles. The molecule has 3 nitrogen and oxygen atoms in total. The van der Waals surface area contributed by atoms with Crippen molar-refractivity contribution in [2.45, 2.75) is 96.1 Å². The number of rotatable bonds is 17. The van der Waals surface area contributed by atoms with Crippen LogP contribution in [0.15, 0.2) is 12.2 Å². The van der Waals surface area contributed by atoms with Crippen LogP contribution in [0.1, 0.15) is 84.0 Å². The van der Waals surface area contributed by atoms with E-state index in [0.29, 0.717) is 0 Å². The minimum atomic E-state index is -0.493. The van der Waals surface area contributed by atoms with Crippen molar-refractivity contribution in [1.82, 2.24) is 0 Å². The van der Waals surface area contributed by atoms with Crippen LogP contribution in [-0.4, -0.2) is 31.8 Å². The Kier molecular flexibility index (Phi) is 12.9. The van der Waals surface area contributed by atoms with E-state index >= 15 is 0 Å². The molecular formula is C18H37NO2. The van der Waals surface area contributed by atoms with Crippen LogP contribution in [-0.2, 0) is 0 Å². The van der Waals surface area contributed by atoms with Crippen LogP contribution in [0.4, 0.5) is 0 Å². The number of nitrogens with two attached hydrogens (primary N) is 1. The first-order chi connectivity index (χ1) is 11.3. The summed E-state index contributed by atoms with van der Waals surface area (Å²) in [6.07, 6.45) is 19.1. The van der Waals surface area contributed by atoms with Gasteiger partial charge in [0.1, 0.15) is 0 Å². The van der Waals surface area contributed by atoms with Crippen LogP contribution in [0.5, 0.6) is 0 Å². The van der Waals surface area contributed by atoms with E-state index in [1.54, 1.807) is 0 Å². The predicted molar refractivity (Wildman–Crippen MR) is 91.3 cm³/mol. The summed E-state index contributed by atoms with van der Waals surface area (Å²) in [5.74, 6) is 0. The predicted octanol–water partition coefficient (Wildman–Crippen LogP) is 3.92.